The molecular weight excluding hydrogens is 456 g/mol. The fourth-order valence-corrected chi connectivity index (χ4v) is 14.4. The van der Waals surface area contributed by atoms with E-state index in [1.54, 1.807) is 0 Å². The molecule has 1 saturated carbocycles. The van der Waals surface area contributed by atoms with Crippen LogP contribution in [0, 0.1) is 11.8 Å². The Morgan fingerprint density at radius 1 is 1.00 bits per heavy atom. The Labute approximate surface area is 214 Å². The van der Waals surface area contributed by atoms with E-state index in [1.165, 1.54) is 12.8 Å². The minimum atomic E-state index is -2.20. The van der Waals surface area contributed by atoms with E-state index in [1.807, 2.05) is 30.0 Å². The van der Waals surface area contributed by atoms with Gasteiger partial charge < -0.3 is 14.3 Å². The van der Waals surface area contributed by atoms with E-state index in [0.717, 1.165) is 12.0 Å². The zero-order valence-corrected chi connectivity index (χ0v) is 25.1. The van der Waals surface area contributed by atoms with Gasteiger partial charge in [0.25, 0.3) is 0 Å². The van der Waals surface area contributed by atoms with Crippen LogP contribution in [-0.2, 0) is 14.8 Å². The van der Waals surface area contributed by atoms with Crippen molar-refractivity contribution in [2.24, 2.45) is 11.8 Å². The summed E-state index contributed by atoms with van der Waals surface area (Å²) in [6, 6.07) is 10.2. The minimum Gasteiger partial charge on any atom is -0.410 e. The fourth-order valence-electron chi connectivity index (χ4n) is 7.09. The number of ether oxygens (including phenoxy) is 1. The molecule has 1 aromatic carbocycles. The highest BCUT2D eigenvalue weighted by molar-refractivity contribution is 8.01. The van der Waals surface area contributed by atoms with Crippen molar-refractivity contribution in [3.63, 3.8) is 0 Å². The van der Waals surface area contributed by atoms with Gasteiger partial charge in [0.05, 0.1) is 12.2 Å². The maximum atomic E-state index is 12.7. The van der Waals surface area contributed by atoms with Gasteiger partial charge in [0.1, 0.15) is 11.0 Å². The van der Waals surface area contributed by atoms with Crippen LogP contribution >= 0.6 is 11.8 Å². The molecule has 1 heterocycles. The van der Waals surface area contributed by atoms with Gasteiger partial charge in [-0.2, -0.15) is 0 Å². The molecular formula is C29H50O3SSi. The molecule has 2 aliphatic rings. The van der Waals surface area contributed by atoms with Crippen LogP contribution in [0.2, 0.25) is 16.6 Å². The van der Waals surface area contributed by atoms with Crippen LogP contribution in [0.1, 0.15) is 94.1 Å². The van der Waals surface area contributed by atoms with Crippen LogP contribution in [0.25, 0.3) is 0 Å². The maximum absolute atomic E-state index is 12.7. The molecule has 0 unspecified atom stereocenters. The molecule has 1 saturated heterocycles. The van der Waals surface area contributed by atoms with E-state index in [2.05, 4.69) is 81.4 Å². The normalized spacial score (nSPS) is 30.3. The standard InChI is InChI=1S/C29H50O3SSi/c1-19(2)34(20(3)4,21(5)6)32-23(8)29(30,24-14-12-11-13-15-24)27-31-26-18-22(7)16-17-25(26)28(9,10)33-27/h11-15,19-23,25-27,30H,16-18H2,1-10H3/t22-,23-,25-,26-,27-,29+/m1/s1. The zero-order valence-electron chi connectivity index (χ0n) is 23.3. The van der Waals surface area contributed by atoms with Crippen molar-refractivity contribution < 1.29 is 14.3 Å². The number of rotatable bonds is 8. The quantitative estimate of drug-likeness (QED) is 0.361. The molecule has 0 bridgehead atoms. The van der Waals surface area contributed by atoms with E-state index < -0.39 is 13.9 Å². The molecule has 34 heavy (non-hydrogen) atoms. The topological polar surface area (TPSA) is 38.7 Å². The van der Waals surface area contributed by atoms with Gasteiger partial charge in [-0.15, -0.1) is 11.8 Å². The number of thioether (sulfide) groups is 1. The van der Waals surface area contributed by atoms with Crippen LogP contribution in [0.5, 0.6) is 0 Å². The Bertz CT molecular complexity index is 774. The first-order valence-corrected chi connectivity index (χ1v) is 16.6. The van der Waals surface area contributed by atoms with E-state index in [9.17, 15) is 5.11 Å². The van der Waals surface area contributed by atoms with Crippen LogP contribution in [0.15, 0.2) is 30.3 Å². The molecule has 0 radical (unpaired) electrons. The molecule has 0 spiro atoms. The Kier molecular flexibility index (Phi) is 8.78. The molecule has 1 N–H and O–H groups in total. The molecule has 6 atom stereocenters. The third kappa shape index (κ3) is 5.07. The highest BCUT2D eigenvalue weighted by Crippen LogP contribution is 2.55. The molecule has 2 fully saturated rings. The van der Waals surface area contributed by atoms with Gasteiger partial charge in [-0.25, -0.2) is 0 Å². The van der Waals surface area contributed by atoms with Gasteiger partial charge in [0.15, 0.2) is 0 Å². The summed E-state index contributed by atoms with van der Waals surface area (Å²) < 4.78 is 14.1. The summed E-state index contributed by atoms with van der Waals surface area (Å²) >= 11 is 1.82. The molecule has 194 valence electrons. The lowest BCUT2D eigenvalue weighted by atomic mass is 9.74. The average molecular weight is 507 g/mol. The van der Waals surface area contributed by atoms with Crippen LogP contribution in [0.4, 0.5) is 0 Å². The summed E-state index contributed by atoms with van der Waals surface area (Å²) in [4.78, 5) is 0. The molecule has 0 amide bonds. The van der Waals surface area contributed by atoms with Crippen LogP contribution < -0.4 is 0 Å². The number of aliphatic hydroxyl groups is 1. The Hall–Kier alpha value is -0.333. The third-order valence-electron chi connectivity index (χ3n) is 8.96. The lowest BCUT2D eigenvalue weighted by molar-refractivity contribution is -0.170. The van der Waals surface area contributed by atoms with Gasteiger partial charge in [0, 0.05) is 4.75 Å². The van der Waals surface area contributed by atoms with Crippen LogP contribution in [-0.4, -0.2) is 35.8 Å². The van der Waals surface area contributed by atoms with Crippen molar-refractivity contribution in [3.8, 4) is 0 Å². The monoisotopic (exact) mass is 506 g/mol. The van der Waals surface area contributed by atoms with Gasteiger partial charge in [0.2, 0.25) is 8.32 Å². The van der Waals surface area contributed by atoms with E-state index in [0.29, 0.717) is 28.5 Å². The second-order valence-electron chi connectivity index (χ2n) is 12.5. The predicted octanol–water partition coefficient (Wildman–Crippen LogP) is 8.13. The first kappa shape index (κ1) is 28.2. The van der Waals surface area contributed by atoms with Gasteiger partial charge in [-0.05, 0) is 53.8 Å². The molecule has 1 aromatic rings. The van der Waals surface area contributed by atoms with Crippen molar-refractivity contribution >= 4 is 20.1 Å². The first-order valence-electron chi connectivity index (χ1n) is 13.6. The summed E-state index contributed by atoms with van der Waals surface area (Å²) in [5, 5.41) is 12.7. The summed E-state index contributed by atoms with van der Waals surface area (Å²) in [7, 11) is -2.20. The van der Waals surface area contributed by atoms with Gasteiger partial charge in [-0.1, -0.05) is 99.1 Å². The largest absolute Gasteiger partial charge is 0.410 e. The molecule has 3 nitrogen and oxygen atoms in total. The van der Waals surface area contributed by atoms with Gasteiger partial charge in [-0.3, -0.25) is 0 Å². The molecule has 5 heteroatoms. The average Bonchev–Trinajstić information content (AvgIpc) is 2.75. The first-order chi connectivity index (χ1) is 15.8. The van der Waals surface area contributed by atoms with Crippen molar-refractivity contribution in [3.05, 3.63) is 35.9 Å². The van der Waals surface area contributed by atoms with E-state index in [4.69, 9.17) is 9.16 Å². The fraction of sp³-hybridized carbons (Fsp3) is 0.793. The minimum absolute atomic E-state index is 0.0405. The number of hydrogen-bond donors (Lipinski definition) is 1. The number of fused-ring (bicyclic) bond motifs is 1. The summed E-state index contributed by atoms with van der Waals surface area (Å²) in [6.07, 6.45) is 3.37. The van der Waals surface area contributed by atoms with Gasteiger partial charge >= 0.3 is 0 Å². The van der Waals surface area contributed by atoms with E-state index >= 15 is 0 Å². The van der Waals surface area contributed by atoms with Crippen molar-refractivity contribution in [1.82, 2.24) is 0 Å². The lowest BCUT2D eigenvalue weighted by Gasteiger charge is -2.55. The van der Waals surface area contributed by atoms with Crippen molar-refractivity contribution in [1.29, 1.82) is 0 Å². The molecule has 1 aliphatic heterocycles. The summed E-state index contributed by atoms with van der Waals surface area (Å²) in [5.74, 6) is 1.19. The molecule has 0 aromatic heterocycles. The summed E-state index contributed by atoms with van der Waals surface area (Å²) in [6.45, 7) is 23.0. The summed E-state index contributed by atoms with van der Waals surface area (Å²) in [5.41, 5.74) is 0.660. The maximum Gasteiger partial charge on any atom is 0.200 e. The second kappa shape index (κ2) is 10.6. The second-order valence-corrected chi connectivity index (χ2v) is 19.6. The predicted molar refractivity (Wildman–Crippen MR) is 149 cm³/mol. The SMILES string of the molecule is CC(C)[Si](O[C@H](C)[C@](O)(c1ccccc1)[C@@H]1O[C@@H]2C[C@H](C)CC[C@H]2C(C)(C)S1)(C(C)C)C(C)C. The third-order valence-corrected chi connectivity index (χ3v) is 16.7. The van der Waals surface area contributed by atoms with Crippen molar-refractivity contribution in [2.75, 3.05) is 0 Å². The Balaban J connectivity index is 2.05. The molecule has 3 rings (SSSR count). The highest BCUT2D eigenvalue weighted by Gasteiger charge is 2.57. The number of benzene rings is 1. The van der Waals surface area contributed by atoms with Crippen LogP contribution in [0.3, 0.4) is 0 Å². The number of hydrogen-bond acceptors (Lipinski definition) is 4. The highest BCUT2D eigenvalue weighted by atomic mass is 32.2. The van der Waals surface area contributed by atoms with Crippen molar-refractivity contribution in [2.45, 2.75) is 133 Å². The zero-order chi connectivity index (χ0) is 25.5. The molecule has 1 aliphatic carbocycles. The lowest BCUT2D eigenvalue weighted by Crippen LogP contribution is -2.60. The Morgan fingerprint density at radius 3 is 2.09 bits per heavy atom. The smallest absolute Gasteiger partial charge is 0.200 e. The van der Waals surface area contributed by atoms with E-state index in [-0.39, 0.29) is 22.4 Å². The Morgan fingerprint density at radius 2 is 1.56 bits per heavy atom.